The van der Waals surface area contributed by atoms with Crippen LogP contribution in [-0.4, -0.2) is 11.5 Å². The van der Waals surface area contributed by atoms with Gasteiger partial charge in [-0.25, -0.2) is 4.98 Å². The highest BCUT2D eigenvalue weighted by atomic mass is 15.0. The zero-order valence-corrected chi connectivity index (χ0v) is 11.3. The summed E-state index contributed by atoms with van der Waals surface area (Å²) in [6.45, 7) is 5.20. The van der Waals surface area contributed by atoms with Gasteiger partial charge in [0.05, 0.1) is 5.56 Å². The van der Waals surface area contributed by atoms with E-state index in [1.165, 1.54) is 32.1 Å². The van der Waals surface area contributed by atoms with Gasteiger partial charge in [0.15, 0.2) is 0 Å². The summed E-state index contributed by atoms with van der Waals surface area (Å²) in [6, 6.07) is 4.12. The Bertz CT molecular complexity index is 453. The lowest BCUT2D eigenvalue weighted by Crippen LogP contribution is -2.29. The lowest BCUT2D eigenvalue weighted by molar-refractivity contribution is 0.233. The first-order valence-corrected chi connectivity index (χ1v) is 6.74. The standard InChI is InChI=1S/C15H21N3/c1-12-6-9-17-14(13(12)10-16)18-11-15(2)7-4-3-5-8-15/h6,9H,3-5,7-8,11H2,1-2H3,(H,17,18). The van der Waals surface area contributed by atoms with Crippen LogP contribution in [0.4, 0.5) is 5.82 Å². The summed E-state index contributed by atoms with van der Waals surface area (Å²) >= 11 is 0. The third kappa shape index (κ3) is 2.81. The number of nitriles is 1. The van der Waals surface area contributed by atoms with E-state index in [1.54, 1.807) is 6.20 Å². The van der Waals surface area contributed by atoms with Crippen LogP contribution in [0.25, 0.3) is 0 Å². The largest absolute Gasteiger partial charge is 0.368 e. The van der Waals surface area contributed by atoms with Crippen molar-refractivity contribution in [1.29, 1.82) is 5.26 Å². The zero-order chi connectivity index (χ0) is 13.0. The van der Waals surface area contributed by atoms with Gasteiger partial charge in [-0.05, 0) is 36.8 Å². The smallest absolute Gasteiger partial charge is 0.144 e. The highest BCUT2D eigenvalue weighted by Crippen LogP contribution is 2.35. The van der Waals surface area contributed by atoms with Gasteiger partial charge in [0, 0.05) is 12.7 Å². The number of rotatable bonds is 3. The number of nitrogens with one attached hydrogen (secondary N) is 1. The summed E-state index contributed by atoms with van der Waals surface area (Å²) in [6.07, 6.45) is 8.32. The highest BCUT2D eigenvalue weighted by molar-refractivity contribution is 5.55. The Morgan fingerprint density at radius 1 is 1.39 bits per heavy atom. The molecule has 0 aliphatic heterocycles. The second-order valence-electron chi connectivity index (χ2n) is 5.69. The van der Waals surface area contributed by atoms with Crippen LogP contribution in [0.2, 0.25) is 0 Å². The van der Waals surface area contributed by atoms with Crippen molar-refractivity contribution in [3.8, 4) is 6.07 Å². The molecular formula is C15H21N3. The molecule has 1 aromatic rings. The molecule has 0 aromatic carbocycles. The summed E-state index contributed by atoms with van der Waals surface area (Å²) in [5.74, 6) is 0.740. The molecule has 0 unspecified atom stereocenters. The molecule has 0 radical (unpaired) electrons. The Morgan fingerprint density at radius 2 is 2.11 bits per heavy atom. The molecule has 96 valence electrons. The molecule has 0 saturated heterocycles. The van der Waals surface area contributed by atoms with Gasteiger partial charge in [-0.15, -0.1) is 0 Å². The van der Waals surface area contributed by atoms with Crippen LogP contribution in [0.5, 0.6) is 0 Å². The van der Waals surface area contributed by atoms with Crippen molar-refractivity contribution in [1.82, 2.24) is 4.98 Å². The molecule has 2 rings (SSSR count). The average Bonchev–Trinajstić information content (AvgIpc) is 2.37. The molecule has 3 heteroatoms. The van der Waals surface area contributed by atoms with Crippen LogP contribution >= 0.6 is 0 Å². The molecule has 0 bridgehead atoms. The summed E-state index contributed by atoms with van der Waals surface area (Å²) in [5.41, 5.74) is 2.02. The number of anilines is 1. The Balaban J connectivity index is 2.06. The number of aryl methyl sites for hydroxylation is 1. The van der Waals surface area contributed by atoms with Crippen molar-refractivity contribution in [3.63, 3.8) is 0 Å². The molecule has 0 atom stereocenters. The maximum absolute atomic E-state index is 9.17. The Hall–Kier alpha value is -1.56. The van der Waals surface area contributed by atoms with Crippen LogP contribution < -0.4 is 5.32 Å². The lowest BCUT2D eigenvalue weighted by atomic mass is 9.76. The summed E-state index contributed by atoms with van der Waals surface area (Å²) in [5, 5.41) is 12.6. The average molecular weight is 243 g/mol. The van der Waals surface area contributed by atoms with E-state index in [-0.39, 0.29) is 0 Å². The van der Waals surface area contributed by atoms with Crippen LogP contribution in [0.1, 0.15) is 50.2 Å². The van der Waals surface area contributed by atoms with Gasteiger partial charge in [-0.1, -0.05) is 26.2 Å². The molecule has 1 aliphatic rings. The van der Waals surface area contributed by atoms with Crippen molar-refractivity contribution in [2.75, 3.05) is 11.9 Å². The van der Waals surface area contributed by atoms with E-state index in [0.29, 0.717) is 11.0 Å². The van der Waals surface area contributed by atoms with Crippen molar-refractivity contribution >= 4 is 5.82 Å². The van der Waals surface area contributed by atoms with E-state index in [1.807, 2.05) is 13.0 Å². The Kier molecular flexibility index (Phi) is 3.86. The van der Waals surface area contributed by atoms with Crippen molar-refractivity contribution in [2.45, 2.75) is 46.0 Å². The predicted octanol–water partition coefficient (Wildman–Crippen LogP) is 3.64. The molecule has 1 aliphatic carbocycles. The Morgan fingerprint density at radius 3 is 2.78 bits per heavy atom. The number of hydrogen-bond acceptors (Lipinski definition) is 3. The monoisotopic (exact) mass is 243 g/mol. The van der Waals surface area contributed by atoms with E-state index in [9.17, 15) is 5.26 Å². The second kappa shape index (κ2) is 5.39. The van der Waals surface area contributed by atoms with E-state index in [2.05, 4.69) is 23.3 Å². The van der Waals surface area contributed by atoms with Crippen LogP contribution in [0, 0.1) is 23.7 Å². The topological polar surface area (TPSA) is 48.7 Å². The number of nitrogens with zero attached hydrogens (tertiary/aromatic N) is 2. The van der Waals surface area contributed by atoms with Crippen LogP contribution in [0.3, 0.4) is 0 Å². The molecule has 3 nitrogen and oxygen atoms in total. The number of hydrogen-bond donors (Lipinski definition) is 1. The highest BCUT2D eigenvalue weighted by Gasteiger charge is 2.26. The zero-order valence-electron chi connectivity index (χ0n) is 11.3. The predicted molar refractivity (Wildman–Crippen MR) is 73.4 cm³/mol. The van der Waals surface area contributed by atoms with Crippen LogP contribution in [0.15, 0.2) is 12.3 Å². The summed E-state index contributed by atoms with van der Waals surface area (Å²) in [7, 11) is 0. The van der Waals surface area contributed by atoms with E-state index in [0.717, 1.165) is 17.9 Å². The normalized spacial score (nSPS) is 18.1. The summed E-state index contributed by atoms with van der Waals surface area (Å²) < 4.78 is 0. The third-order valence-electron chi connectivity index (χ3n) is 4.01. The fourth-order valence-electron chi connectivity index (χ4n) is 2.71. The quantitative estimate of drug-likeness (QED) is 0.881. The SMILES string of the molecule is Cc1ccnc(NCC2(C)CCCCC2)c1C#N. The first-order chi connectivity index (χ1) is 8.64. The van der Waals surface area contributed by atoms with Gasteiger partial charge in [0.2, 0.25) is 0 Å². The van der Waals surface area contributed by atoms with Crippen molar-refractivity contribution in [3.05, 3.63) is 23.4 Å². The molecule has 1 N–H and O–H groups in total. The van der Waals surface area contributed by atoms with Crippen LogP contribution in [-0.2, 0) is 0 Å². The molecule has 1 fully saturated rings. The Labute approximate surface area is 109 Å². The minimum absolute atomic E-state index is 0.358. The molecule has 0 amide bonds. The molecule has 0 spiro atoms. The summed E-state index contributed by atoms with van der Waals surface area (Å²) in [4.78, 5) is 4.29. The van der Waals surface area contributed by atoms with E-state index < -0.39 is 0 Å². The van der Waals surface area contributed by atoms with Gasteiger partial charge in [0.25, 0.3) is 0 Å². The molecule has 1 heterocycles. The second-order valence-corrected chi connectivity index (χ2v) is 5.69. The maximum Gasteiger partial charge on any atom is 0.144 e. The van der Waals surface area contributed by atoms with E-state index in [4.69, 9.17) is 0 Å². The molecule has 1 saturated carbocycles. The first kappa shape index (κ1) is 12.9. The number of pyridine rings is 1. The van der Waals surface area contributed by atoms with Crippen molar-refractivity contribution in [2.24, 2.45) is 5.41 Å². The fourth-order valence-corrected chi connectivity index (χ4v) is 2.71. The minimum Gasteiger partial charge on any atom is -0.368 e. The molecule has 18 heavy (non-hydrogen) atoms. The van der Waals surface area contributed by atoms with E-state index >= 15 is 0 Å². The van der Waals surface area contributed by atoms with Crippen molar-refractivity contribution < 1.29 is 0 Å². The van der Waals surface area contributed by atoms with Gasteiger partial charge in [0.1, 0.15) is 11.9 Å². The molecule has 1 aromatic heterocycles. The number of aromatic nitrogens is 1. The molecular weight excluding hydrogens is 222 g/mol. The fraction of sp³-hybridized carbons (Fsp3) is 0.600. The maximum atomic E-state index is 9.17. The lowest BCUT2D eigenvalue weighted by Gasteiger charge is -2.33. The van der Waals surface area contributed by atoms with Gasteiger partial charge in [-0.3, -0.25) is 0 Å². The van der Waals surface area contributed by atoms with Gasteiger partial charge >= 0.3 is 0 Å². The first-order valence-electron chi connectivity index (χ1n) is 6.74. The minimum atomic E-state index is 0.358. The third-order valence-corrected chi connectivity index (χ3v) is 4.01. The van der Waals surface area contributed by atoms with Gasteiger partial charge in [-0.2, -0.15) is 5.26 Å². The van der Waals surface area contributed by atoms with Gasteiger partial charge < -0.3 is 5.32 Å².